The molecule has 1 radical (unpaired) electrons. The van der Waals surface area contributed by atoms with E-state index in [4.69, 9.17) is 11.6 Å². The number of benzene rings is 1. The van der Waals surface area contributed by atoms with E-state index in [2.05, 4.69) is 6.92 Å². The summed E-state index contributed by atoms with van der Waals surface area (Å²) in [6, 6.07) is 4.44. The van der Waals surface area contributed by atoms with Crippen LogP contribution in [0.1, 0.15) is 5.56 Å². The Morgan fingerprint density at radius 1 is 1.44 bits per heavy atom. The van der Waals surface area contributed by atoms with Crippen LogP contribution >= 0.6 is 11.6 Å². The molecule has 0 nitrogen and oxygen atoms in total. The molecule has 1 rings (SSSR count). The van der Waals surface area contributed by atoms with Crippen molar-refractivity contribution in [2.75, 3.05) is 0 Å². The molecule has 0 heterocycles. The Hall–Kier alpha value is -0.560. The number of hydrogen-bond acceptors (Lipinski definition) is 0. The van der Waals surface area contributed by atoms with Gasteiger partial charge in [-0.2, -0.15) is 0 Å². The summed E-state index contributed by atoms with van der Waals surface area (Å²) in [6.07, 6.45) is 0. The molecule has 0 saturated carbocycles. The van der Waals surface area contributed by atoms with Crippen LogP contribution < -0.4 is 0 Å². The van der Waals surface area contributed by atoms with Gasteiger partial charge >= 0.3 is 0 Å². The lowest BCUT2D eigenvalue weighted by molar-refractivity contribution is 0.627. The monoisotopic (exact) mass is 143 g/mol. The molecular weight excluding hydrogens is 139 g/mol. The Kier molecular flexibility index (Phi) is 1.72. The summed E-state index contributed by atoms with van der Waals surface area (Å²) in [7, 11) is 0. The first kappa shape index (κ1) is 6.56. The number of rotatable bonds is 0. The molecule has 2 heteroatoms. The second-order valence-corrected chi connectivity index (χ2v) is 2.16. The lowest BCUT2D eigenvalue weighted by Crippen LogP contribution is -1.76. The summed E-state index contributed by atoms with van der Waals surface area (Å²) in [5, 5.41) is 0.141. The molecule has 1 aromatic rings. The Bertz CT molecular complexity index is 220. The van der Waals surface area contributed by atoms with Gasteiger partial charge in [0.15, 0.2) is 0 Å². The number of halogens is 2. The van der Waals surface area contributed by atoms with Crippen molar-refractivity contribution in [3.05, 3.63) is 41.5 Å². The van der Waals surface area contributed by atoms with Gasteiger partial charge in [-0.15, -0.1) is 0 Å². The molecular formula is C7H5ClF. The third-order valence-electron chi connectivity index (χ3n) is 0.984. The van der Waals surface area contributed by atoms with Crippen LogP contribution in [0.2, 0.25) is 5.02 Å². The quantitative estimate of drug-likeness (QED) is 0.524. The van der Waals surface area contributed by atoms with Crippen molar-refractivity contribution in [2.24, 2.45) is 0 Å². The zero-order chi connectivity index (χ0) is 6.85. The van der Waals surface area contributed by atoms with Crippen LogP contribution in [0.3, 0.4) is 0 Å². The molecule has 47 valence electrons. The Morgan fingerprint density at radius 3 is 2.56 bits per heavy atom. The Morgan fingerprint density at radius 2 is 2.11 bits per heavy atom. The molecule has 0 fully saturated rings. The third-order valence-corrected chi connectivity index (χ3v) is 1.29. The number of hydrogen-bond donors (Lipinski definition) is 0. The Balaban J connectivity index is 3.17. The molecule has 0 aliphatic carbocycles. The summed E-state index contributed by atoms with van der Waals surface area (Å²) in [6.45, 7) is 3.52. The van der Waals surface area contributed by atoms with Crippen molar-refractivity contribution in [1.29, 1.82) is 0 Å². The fourth-order valence-electron chi connectivity index (χ4n) is 0.540. The minimum absolute atomic E-state index is 0.141. The third kappa shape index (κ3) is 1.42. The van der Waals surface area contributed by atoms with Crippen LogP contribution in [0.25, 0.3) is 0 Å². The van der Waals surface area contributed by atoms with Gasteiger partial charge in [-0.05, 0) is 24.6 Å². The minimum atomic E-state index is -0.413. The predicted molar refractivity (Wildman–Crippen MR) is 35.9 cm³/mol. The zero-order valence-corrected chi connectivity index (χ0v) is 5.45. The molecule has 0 N–H and O–H groups in total. The molecule has 0 amide bonds. The van der Waals surface area contributed by atoms with Crippen LogP contribution in [-0.4, -0.2) is 0 Å². The molecule has 1 aromatic carbocycles. The van der Waals surface area contributed by atoms with Crippen LogP contribution in [0, 0.1) is 12.7 Å². The average Bonchev–Trinajstić information content (AvgIpc) is 1.80. The molecule has 0 atom stereocenters. The van der Waals surface area contributed by atoms with E-state index in [0.717, 1.165) is 0 Å². The van der Waals surface area contributed by atoms with Crippen molar-refractivity contribution in [3.63, 3.8) is 0 Å². The van der Waals surface area contributed by atoms with Crippen LogP contribution in [-0.2, 0) is 0 Å². The molecule has 0 bridgehead atoms. The highest BCUT2D eigenvalue weighted by Gasteiger charge is 1.95. The van der Waals surface area contributed by atoms with E-state index in [-0.39, 0.29) is 5.02 Å². The molecule has 0 saturated heterocycles. The van der Waals surface area contributed by atoms with Gasteiger partial charge in [0.2, 0.25) is 0 Å². The normalized spacial score (nSPS) is 9.67. The fraction of sp³-hybridized carbons (Fsp3) is 0. The van der Waals surface area contributed by atoms with Gasteiger partial charge in [0, 0.05) is 0 Å². The van der Waals surface area contributed by atoms with Gasteiger partial charge in [-0.1, -0.05) is 17.7 Å². The SMILES string of the molecule is [CH2]c1ccc(Cl)c(F)c1. The maximum absolute atomic E-state index is 12.4. The van der Waals surface area contributed by atoms with Crippen molar-refractivity contribution < 1.29 is 4.39 Å². The topological polar surface area (TPSA) is 0 Å². The highest BCUT2D eigenvalue weighted by molar-refractivity contribution is 6.30. The first-order valence-electron chi connectivity index (χ1n) is 2.47. The van der Waals surface area contributed by atoms with Gasteiger partial charge in [0.25, 0.3) is 0 Å². The highest BCUT2D eigenvalue weighted by Crippen LogP contribution is 2.14. The zero-order valence-electron chi connectivity index (χ0n) is 4.70. The second kappa shape index (κ2) is 2.36. The van der Waals surface area contributed by atoms with Gasteiger partial charge in [0.1, 0.15) is 5.82 Å². The van der Waals surface area contributed by atoms with Crippen LogP contribution in [0.4, 0.5) is 4.39 Å². The lowest BCUT2D eigenvalue weighted by atomic mass is 10.2. The van der Waals surface area contributed by atoms with Crippen molar-refractivity contribution in [1.82, 2.24) is 0 Å². The van der Waals surface area contributed by atoms with E-state index in [0.29, 0.717) is 5.56 Å². The molecule has 0 aliphatic heterocycles. The maximum Gasteiger partial charge on any atom is 0.142 e. The summed E-state index contributed by atoms with van der Waals surface area (Å²) in [5.41, 5.74) is 0.636. The minimum Gasteiger partial charge on any atom is -0.205 e. The second-order valence-electron chi connectivity index (χ2n) is 1.75. The van der Waals surface area contributed by atoms with Gasteiger partial charge in [0.05, 0.1) is 5.02 Å². The molecule has 9 heavy (non-hydrogen) atoms. The molecule has 0 aromatic heterocycles. The maximum atomic E-state index is 12.4. The summed E-state index contributed by atoms with van der Waals surface area (Å²) in [5.74, 6) is -0.413. The average molecular weight is 144 g/mol. The largest absolute Gasteiger partial charge is 0.205 e. The van der Waals surface area contributed by atoms with Gasteiger partial charge in [-0.25, -0.2) is 4.39 Å². The van der Waals surface area contributed by atoms with E-state index in [1.54, 1.807) is 6.07 Å². The van der Waals surface area contributed by atoms with E-state index < -0.39 is 5.82 Å². The first-order chi connectivity index (χ1) is 4.20. The fourth-order valence-corrected chi connectivity index (χ4v) is 0.657. The van der Waals surface area contributed by atoms with E-state index in [9.17, 15) is 4.39 Å². The van der Waals surface area contributed by atoms with Crippen LogP contribution in [0.15, 0.2) is 18.2 Å². The summed E-state index contributed by atoms with van der Waals surface area (Å²) >= 11 is 5.38. The van der Waals surface area contributed by atoms with Crippen molar-refractivity contribution >= 4 is 11.6 Å². The van der Waals surface area contributed by atoms with Crippen molar-refractivity contribution in [3.8, 4) is 0 Å². The predicted octanol–water partition coefficient (Wildman–Crippen LogP) is 2.66. The van der Waals surface area contributed by atoms with Crippen LogP contribution in [0.5, 0.6) is 0 Å². The van der Waals surface area contributed by atoms with E-state index in [1.807, 2.05) is 0 Å². The lowest BCUT2D eigenvalue weighted by Gasteiger charge is -1.92. The molecule has 0 unspecified atom stereocenters. The highest BCUT2D eigenvalue weighted by atomic mass is 35.5. The summed E-state index contributed by atoms with van der Waals surface area (Å²) in [4.78, 5) is 0. The van der Waals surface area contributed by atoms with E-state index >= 15 is 0 Å². The summed E-state index contributed by atoms with van der Waals surface area (Å²) < 4.78 is 12.4. The Labute approximate surface area is 58.3 Å². The van der Waals surface area contributed by atoms with Gasteiger partial charge < -0.3 is 0 Å². The standard InChI is InChI=1S/C7H5ClF/c1-5-2-3-6(8)7(9)4-5/h2-4H,1H2. The molecule has 0 spiro atoms. The molecule has 0 aliphatic rings. The first-order valence-corrected chi connectivity index (χ1v) is 2.85. The van der Waals surface area contributed by atoms with E-state index in [1.165, 1.54) is 12.1 Å². The van der Waals surface area contributed by atoms with Crippen molar-refractivity contribution in [2.45, 2.75) is 0 Å². The smallest absolute Gasteiger partial charge is 0.142 e. The van der Waals surface area contributed by atoms with Gasteiger partial charge in [-0.3, -0.25) is 0 Å².